The first-order chi connectivity index (χ1) is 9.49. The predicted molar refractivity (Wildman–Crippen MR) is 76.5 cm³/mol. The van der Waals surface area contributed by atoms with Crippen LogP contribution in [0.2, 0.25) is 0 Å². The van der Waals surface area contributed by atoms with Gasteiger partial charge in [0.1, 0.15) is 5.69 Å². The lowest BCUT2D eigenvalue weighted by Crippen LogP contribution is -2.30. The predicted octanol–water partition coefficient (Wildman–Crippen LogP) is 2.26. The van der Waals surface area contributed by atoms with Crippen molar-refractivity contribution in [1.29, 1.82) is 5.41 Å². The zero-order valence-corrected chi connectivity index (χ0v) is 11.4. The maximum atomic E-state index is 12.2. The number of rotatable bonds is 1. The number of aryl methyl sites for hydroxylation is 2. The molecule has 0 atom stereocenters. The number of aromatic nitrogens is 1. The first-order valence-corrected chi connectivity index (χ1v) is 6.51. The van der Waals surface area contributed by atoms with Crippen molar-refractivity contribution in [3.05, 3.63) is 35.0 Å². The first kappa shape index (κ1) is 12.6. The molecule has 1 aliphatic heterocycles. The maximum Gasteiger partial charge on any atom is 0.273 e. The molecule has 5 nitrogen and oxygen atoms in total. The number of Topliss-reactive ketones (excluding diaryl/α,β-unsaturated/α-hetero) is 1. The molecule has 2 heterocycles. The number of ketones is 1. The Morgan fingerprint density at radius 3 is 2.85 bits per heavy atom. The third-order valence-corrected chi connectivity index (χ3v) is 3.67. The molecule has 0 radical (unpaired) electrons. The van der Waals surface area contributed by atoms with Gasteiger partial charge in [-0.15, -0.1) is 0 Å². The summed E-state index contributed by atoms with van der Waals surface area (Å²) in [6.45, 7) is 4.00. The van der Waals surface area contributed by atoms with E-state index in [2.05, 4.69) is 5.32 Å². The smallest absolute Gasteiger partial charge is 0.273 e. The van der Waals surface area contributed by atoms with Gasteiger partial charge in [-0.3, -0.25) is 15.0 Å². The van der Waals surface area contributed by atoms with Crippen LogP contribution in [0.15, 0.2) is 18.2 Å². The van der Waals surface area contributed by atoms with Crippen molar-refractivity contribution in [3.63, 3.8) is 0 Å². The van der Waals surface area contributed by atoms with Crippen molar-refractivity contribution in [1.82, 2.24) is 9.88 Å². The third kappa shape index (κ3) is 1.74. The summed E-state index contributed by atoms with van der Waals surface area (Å²) >= 11 is 0. The Labute approximate surface area is 116 Å². The average Bonchev–Trinajstić information content (AvgIpc) is 2.76. The van der Waals surface area contributed by atoms with Crippen LogP contribution < -0.4 is 5.32 Å². The molecule has 0 unspecified atom stereocenters. The van der Waals surface area contributed by atoms with E-state index in [0.717, 1.165) is 16.5 Å². The zero-order chi connectivity index (χ0) is 14.4. The molecule has 1 aliphatic rings. The molecule has 0 fully saturated rings. The zero-order valence-electron chi connectivity index (χ0n) is 11.4. The monoisotopic (exact) mass is 269 g/mol. The van der Waals surface area contributed by atoms with Crippen molar-refractivity contribution in [2.24, 2.45) is 0 Å². The summed E-state index contributed by atoms with van der Waals surface area (Å²) in [7, 11) is 0. The van der Waals surface area contributed by atoms with E-state index in [4.69, 9.17) is 5.41 Å². The summed E-state index contributed by atoms with van der Waals surface area (Å²) in [5.41, 5.74) is 3.07. The minimum absolute atomic E-state index is 0.108. The van der Waals surface area contributed by atoms with Gasteiger partial charge in [0, 0.05) is 23.9 Å². The quantitative estimate of drug-likeness (QED) is 0.615. The topological polar surface area (TPSA) is 75.0 Å². The molecule has 2 N–H and O–H groups in total. The fraction of sp³-hybridized carbons (Fsp3) is 0.267. The SMILES string of the molecule is CC(=N)NC(=O)c1cc2c(C)ccc3c2n1CCC3=O. The number of amidine groups is 1. The summed E-state index contributed by atoms with van der Waals surface area (Å²) < 4.78 is 1.89. The second-order valence-corrected chi connectivity index (χ2v) is 5.13. The van der Waals surface area contributed by atoms with E-state index < -0.39 is 0 Å². The fourth-order valence-corrected chi connectivity index (χ4v) is 2.74. The molecule has 1 aromatic carbocycles. The lowest BCUT2D eigenvalue weighted by atomic mass is 10.00. The van der Waals surface area contributed by atoms with Gasteiger partial charge in [-0.1, -0.05) is 6.07 Å². The van der Waals surface area contributed by atoms with Crippen LogP contribution in [0.3, 0.4) is 0 Å². The number of nitrogens with one attached hydrogen (secondary N) is 2. The lowest BCUT2D eigenvalue weighted by Gasteiger charge is -2.17. The summed E-state index contributed by atoms with van der Waals surface area (Å²) in [5, 5.41) is 10.8. The van der Waals surface area contributed by atoms with Crippen LogP contribution in [0.1, 0.15) is 39.8 Å². The van der Waals surface area contributed by atoms with Crippen LogP contribution >= 0.6 is 0 Å². The van der Waals surface area contributed by atoms with Crippen molar-refractivity contribution in [2.75, 3.05) is 0 Å². The molecular formula is C15H15N3O2. The van der Waals surface area contributed by atoms with Crippen molar-refractivity contribution >= 4 is 28.4 Å². The van der Waals surface area contributed by atoms with Gasteiger partial charge >= 0.3 is 0 Å². The standard InChI is InChI=1S/C15H15N3O2/c1-8-3-4-10-13(19)5-6-18-12(7-11(8)14(10)18)15(20)17-9(2)16/h3-4,7H,5-6H2,1-2H3,(H2,16,17,20). The van der Waals surface area contributed by atoms with Crippen LogP contribution in [0.5, 0.6) is 0 Å². The Kier molecular flexibility index (Phi) is 2.71. The second kappa shape index (κ2) is 4.30. The Hall–Kier alpha value is -2.43. The van der Waals surface area contributed by atoms with Crippen LogP contribution in [-0.2, 0) is 6.54 Å². The lowest BCUT2D eigenvalue weighted by molar-refractivity contribution is 0.0946. The van der Waals surface area contributed by atoms with Gasteiger partial charge in [0.05, 0.1) is 11.4 Å². The molecule has 3 rings (SSSR count). The molecule has 0 spiro atoms. The van der Waals surface area contributed by atoms with Gasteiger partial charge in [-0.25, -0.2) is 0 Å². The van der Waals surface area contributed by atoms with Crippen molar-refractivity contribution in [2.45, 2.75) is 26.8 Å². The third-order valence-electron chi connectivity index (χ3n) is 3.67. The Bertz CT molecular complexity index is 771. The molecule has 1 amide bonds. The van der Waals surface area contributed by atoms with Gasteiger partial charge in [0.2, 0.25) is 0 Å². The minimum atomic E-state index is -0.298. The van der Waals surface area contributed by atoms with E-state index >= 15 is 0 Å². The maximum absolute atomic E-state index is 12.2. The van der Waals surface area contributed by atoms with Crippen LogP contribution in [-0.4, -0.2) is 22.1 Å². The van der Waals surface area contributed by atoms with Gasteiger partial charge < -0.3 is 9.88 Å². The molecule has 0 bridgehead atoms. The highest BCUT2D eigenvalue weighted by Gasteiger charge is 2.25. The highest BCUT2D eigenvalue weighted by molar-refractivity contribution is 6.13. The summed E-state index contributed by atoms with van der Waals surface area (Å²) in [6, 6.07) is 5.55. The van der Waals surface area contributed by atoms with Gasteiger partial charge in [-0.05, 0) is 31.5 Å². The second-order valence-electron chi connectivity index (χ2n) is 5.13. The minimum Gasteiger partial charge on any atom is -0.335 e. The van der Waals surface area contributed by atoms with Crippen LogP contribution in [0.4, 0.5) is 0 Å². The molecule has 1 aromatic heterocycles. The van der Waals surface area contributed by atoms with Crippen molar-refractivity contribution in [3.8, 4) is 0 Å². The molecule has 0 saturated carbocycles. The molecular weight excluding hydrogens is 254 g/mol. The molecule has 0 saturated heterocycles. The van der Waals surface area contributed by atoms with Gasteiger partial charge in [0.15, 0.2) is 5.78 Å². The Balaban J connectivity index is 2.27. The number of hydrogen-bond donors (Lipinski definition) is 2. The first-order valence-electron chi connectivity index (χ1n) is 6.51. The Morgan fingerprint density at radius 2 is 2.15 bits per heavy atom. The molecule has 5 heteroatoms. The van der Waals surface area contributed by atoms with E-state index in [-0.39, 0.29) is 17.5 Å². The van der Waals surface area contributed by atoms with Gasteiger partial charge in [0.25, 0.3) is 5.91 Å². The number of nitrogens with zero attached hydrogens (tertiary/aromatic N) is 1. The number of amides is 1. The van der Waals surface area contributed by atoms with E-state index in [1.807, 2.05) is 29.7 Å². The van der Waals surface area contributed by atoms with Crippen molar-refractivity contribution < 1.29 is 9.59 Å². The van der Waals surface area contributed by atoms with E-state index in [9.17, 15) is 9.59 Å². The fourth-order valence-electron chi connectivity index (χ4n) is 2.74. The Morgan fingerprint density at radius 1 is 1.40 bits per heavy atom. The molecule has 20 heavy (non-hydrogen) atoms. The van der Waals surface area contributed by atoms with E-state index in [1.165, 1.54) is 6.92 Å². The molecule has 102 valence electrons. The summed E-state index contributed by atoms with van der Waals surface area (Å²) in [4.78, 5) is 24.2. The number of carbonyl (C=O) groups is 2. The van der Waals surface area contributed by atoms with Gasteiger partial charge in [-0.2, -0.15) is 0 Å². The highest BCUT2D eigenvalue weighted by Crippen LogP contribution is 2.31. The van der Waals surface area contributed by atoms with Crippen LogP contribution in [0.25, 0.3) is 10.9 Å². The van der Waals surface area contributed by atoms with Crippen LogP contribution in [0, 0.1) is 12.3 Å². The normalized spacial score (nSPS) is 13.6. The largest absolute Gasteiger partial charge is 0.335 e. The molecule has 0 aliphatic carbocycles. The van der Waals surface area contributed by atoms with E-state index in [1.54, 1.807) is 0 Å². The molecule has 2 aromatic rings. The summed E-state index contributed by atoms with van der Waals surface area (Å²) in [5.74, 6) is -0.0684. The van der Waals surface area contributed by atoms with E-state index in [0.29, 0.717) is 24.2 Å². The average molecular weight is 269 g/mol. The number of benzene rings is 1. The highest BCUT2D eigenvalue weighted by atomic mass is 16.2. The number of hydrogen-bond acceptors (Lipinski definition) is 3. The summed E-state index contributed by atoms with van der Waals surface area (Å²) in [6.07, 6.45) is 0.406. The number of carbonyl (C=O) groups excluding carboxylic acids is 2.